The number of hydrogen-bond acceptors (Lipinski definition) is 8. The van der Waals surface area contributed by atoms with E-state index in [1.54, 1.807) is 21.3 Å². The van der Waals surface area contributed by atoms with Crippen LogP contribution in [0.25, 0.3) is 21.3 Å². The maximum atomic E-state index is 13.0. The number of thiophene rings is 1. The zero-order valence-corrected chi connectivity index (χ0v) is 19.1. The first-order valence-corrected chi connectivity index (χ1v) is 11.0. The third-order valence-electron chi connectivity index (χ3n) is 4.93. The molecule has 0 unspecified atom stereocenters. The van der Waals surface area contributed by atoms with Crippen molar-refractivity contribution in [1.29, 1.82) is 0 Å². The van der Waals surface area contributed by atoms with Gasteiger partial charge in [-0.2, -0.15) is 0 Å². The number of fused-ring (bicyclic) bond motifs is 1. The number of rotatable bonds is 11. The smallest absolute Gasteiger partial charge is 0.260 e. The van der Waals surface area contributed by atoms with Crippen molar-refractivity contribution in [3.05, 3.63) is 39.8 Å². The van der Waals surface area contributed by atoms with E-state index >= 15 is 0 Å². The first-order chi connectivity index (χ1) is 15.0. The largest absolute Gasteiger partial charge is 0.493 e. The van der Waals surface area contributed by atoms with Gasteiger partial charge in [-0.25, -0.2) is 4.98 Å². The summed E-state index contributed by atoms with van der Waals surface area (Å²) in [6.07, 6.45) is 0.333. The van der Waals surface area contributed by atoms with Gasteiger partial charge in [0.15, 0.2) is 11.5 Å². The molecule has 1 atom stereocenters. The van der Waals surface area contributed by atoms with Crippen molar-refractivity contribution in [2.24, 2.45) is 0 Å². The molecule has 3 rings (SSSR count). The summed E-state index contributed by atoms with van der Waals surface area (Å²) in [7, 11) is 4.73. The normalized spacial score (nSPS) is 12.5. The van der Waals surface area contributed by atoms with Gasteiger partial charge in [-0.05, 0) is 30.7 Å². The Kier molecular flexibility index (Phi) is 8.03. The predicted molar refractivity (Wildman–Crippen MR) is 122 cm³/mol. The summed E-state index contributed by atoms with van der Waals surface area (Å²) in [4.78, 5) is 23.3. The van der Waals surface area contributed by atoms with Gasteiger partial charge in [-0.3, -0.25) is 9.69 Å². The zero-order valence-electron chi connectivity index (χ0n) is 18.3. The van der Waals surface area contributed by atoms with Crippen LogP contribution in [-0.2, 0) is 11.3 Å². The minimum absolute atomic E-state index is 0.181. The van der Waals surface area contributed by atoms with E-state index in [4.69, 9.17) is 14.2 Å². The third-order valence-corrected chi connectivity index (χ3v) is 5.80. The molecule has 2 N–H and O–H groups in total. The lowest BCUT2D eigenvalue weighted by Crippen LogP contribution is -2.35. The molecule has 168 valence electrons. The average molecular weight is 448 g/mol. The predicted octanol–water partition coefficient (Wildman–Crippen LogP) is 2.89. The molecule has 9 heteroatoms. The van der Waals surface area contributed by atoms with Crippen LogP contribution in [0.5, 0.6) is 11.5 Å². The molecular weight excluding hydrogens is 418 g/mol. The Hall–Kier alpha value is -2.46. The number of methoxy groups -OCH3 is 3. The Labute approximate surface area is 185 Å². The molecule has 0 saturated carbocycles. The third kappa shape index (κ3) is 5.43. The molecule has 3 aromatic rings. The van der Waals surface area contributed by atoms with Gasteiger partial charge < -0.3 is 24.3 Å². The van der Waals surface area contributed by atoms with Crippen molar-refractivity contribution in [1.82, 2.24) is 14.9 Å². The van der Waals surface area contributed by atoms with Gasteiger partial charge in [0.05, 0.1) is 38.9 Å². The maximum Gasteiger partial charge on any atom is 0.260 e. The van der Waals surface area contributed by atoms with E-state index in [1.807, 2.05) is 23.6 Å². The van der Waals surface area contributed by atoms with Gasteiger partial charge >= 0.3 is 0 Å². The van der Waals surface area contributed by atoms with Crippen molar-refractivity contribution >= 4 is 21.6 Å². The summed E-state index contributed by atoms with van der Waals surface area (Å²) in [5.74, 6) is 1.81. The number of aromatic amines is 1. The quantitative estimate of drug-likeness (QED) is 0.466. The van der Waals surface area contributed by atoms with Crippen LogP contribution in [-0.4, -0.2) is 67.1 Å². The molecule has 0 aliphatic heterocycles. The van der Waals surface area contributed by atoms with Crippen LogP contribution in [0.4, 0.5) is 0 Å². The van der Waals surface area contributed by atoms with E-state index in [0.717, 1.165) is 24.1 Å². The highest BCUT2D eigenvalue weighted by molar-refractivity contribution is 7.17. The summed E-state index contributed by atoms with van der Waals surface area (Å²) in [5, 5.41) is 12.6. The van der Waals surface area contributed by atoms with Crippen LogP contribution in [0.1, 0.15) is 19.2 Å². The number of nitrogens with zero attached hydrogens (tertiary/aromatic N) is 2. The van der Waals surface area contributed by atoms with Crippen molar-refractivity contribution in [3.8, 4) is 22.6 Å². The molecule has 0 aliphatic rings. The van der Waals surface area contributed by atoms with Gasteiger partial charge in [0, 0.05) is 24.6 Å². The molecular formula is C22H29N3O5S. The summed E-state index contributed by atoms with van der Waals surface area (Å²) >= 11 is 1.43. The molecule has 1 aromatic carbocycles. The topological polar surface area (TPSA) is 96.9 Å². The lowest BCUT2D eigenvalue weighted by Gasteiger charge is -2.23. The monoisotopic (exact) mass is 447 g/mol. The van der Waals surface area contributed by atoms with Gasteiger partial charge in [0.25, 0.3) is 5.56 Å². The summed E-state index contributed by atoms with van der Waals surface area (Å²) < 4.78 is 15.7. The number of hydrogen-bond donors (Lipinski definition) is 2. The maximum absolute atomic E-state index is 13.0. The van der Waals surface area contributed by atoms with E-state index in [-0.39, 0.29) is 12.2 Å². The fourth-order valence-corrected chi connectivity index (χ4v) is 4.56. The summed E-state index contributed by atoms with van der Waals surface area (Å²) in [6, 6.07) is 5.58. The molecule has 8 nitrogen and oxygen atoms in total. The Morgan fingerprint density at radius 3 is 2.68 bits per heavy atom. The lowest BCUT2D eigenvalue weighted by molar-refractivity contribution is 0.0353. The summed E-state index contributed by atoms with van der Waals surface area (Å²) in [6.45, 7) is 4.02. The van der Waals surface area contributed by atoms with Crippen molar-refractivity contribution in [2.45, 2.75) is 26.0 Å². The molecule has 0 aliphatic carbocycles. The molecule has 0 saturated heterocycles. The SMILES string of the molecule is CCCN(Cc1nc2scc(-c3ccc(OC)c(OC)c3)c2c(=O)[nH]1)C[C@@H](O)COC. The molecule has 0 bridgehead atoms. The Balaban J connectivity index is 1.91. The van der Waals surface area contributed by atoms with Gasteiger partial charge in [0.2, 0.25) is 0 Å². The summed E-state index contributed by atoms with van der Waals surface area (Å²) in [5.41, 5.74) is 1.49. The fourth-order valence-electron chi connectivity index (χ4n) is 3.59. The number of aliphatic hydroxyl groups is 1. The molecule has 0 fully saturated rings. The van der Waals surface area contributed by atoms with Crippen LogP contribution in [0, 0.1) is 0 Å². The van der Waals surface area contributed by atoms with Crippen LogP contribution in [0.2, 0.25) is 0 Å². The number of ether oxygens (including phenoxy) is 3. The molecule has 0 spiro atoms. The van der Waals surface area contributed by atoms with Gasteiger partial charge in [-0.1, -0.05) is 13.0 Å². The second kappa shape index (κ2) is 10.7. The first-order valence-electron chi connectivity index (χ1n) is 10.1. The number of benzene rings is 1. The van der Waals surface area contributed by atoms with Gasteiger partial charge in [0.1, 0.15) is 10.7 Å². The highest BCUT2D eigenvalue weighted by Gasteiger charge is 2.17. The van der Waals surface area contributed by atoms with E-state index in [9.17, 15) is 9.90 Å². The molecule has 2 heterocycles. The molecule has 0 radical (unpaired) electrons. The number of aliphatic hydroxyl groups excluding tert-OH is 1. The fraction of sp³-hybridized carbons (Fsp3) is 0.455. The van der Waals surface area contributed by atoms with E-state index in [0.29, 0.717) is 40.6 Å². The van der Waals surface area contributed by atoms with Crippen LogP contribution < -0.4 is 15.0 Å². The Morgan fingerprint density at radius 1 is 1.23 bits per heavy atom. The number of nitrogens with one attached hydrogen (secondary N) is 1. The van der Waals surface area contributed by atoms with Crippen LogP contribution in [0.15, 0.2) is 28.4 Å². The minimum atomic E-state index is -0.592. The molecule has 31 heavy (non-hydrogen) atoms. The van der Waals surface area contributed by atoms with Crippen molar-refractivity contribution in [3.63, 3.8) is 0 Å². The van der Waals surface area contributed by atoms with E-state index in [1.165, 1.54) is 11.3 Å². The van der Waals surface area contributed by atoms with Gasteiger partial charge in [-0.15, -0.1) is 11.3 Å². The van der Waals surface area contributed by atoms with E-state index < -0.39 is 6.10 Å². The zero-order chi connectivity index (χ0) is 22.4. The highest BCUT2D eigenvalue weighted by atomic mass is 32.1. The molecule has 2 aromatic heterocycles. The van der Waals surface area contributed by atoms with E-state index in [2.05, 4.69) is 21.8 Å². The Morgan fingerprint density at radius 2 is 2.00 bits per heavy atom. The highest BCUT2D eigenvalue weighted by Crippen LogP contribution is 2.36. The standard InChI is InChI=1S/C22H29N3O5S/c1-5-8-25(10-15(26)12-28-2)11-19-23-21(27)20-16(13-31-22(20)24-19)14-6-7-17(29-3)18(9-14)30-4/h6-7,9,13,15,26H,5,8,10-12H2,1-4H3,(H,23,24,27)/t15-/m1/s1. The van der Waals surface area contributed by atoms with Crippen LogP contribution in [0.3, 0.4) is 0 Å². The van der Waals surface area contributed by atoms with Crippen molar-refractivity contribution < 1.29 is 19.3 Å². The number of H-pyrrole nitrogens is 1. The first kappa shape index (κ1) is 23.2. The van der Waals surface area contributed by atoms with Crippen molar-refractivity contribution in [2.75, 3.05) is 41.0 Å². The van der Waals surface area contributed by atoms with Crippen LogP contribution >= 0.6 is 11.3 Å². The lowest BCUT2D eigenvalue weighted by atomic mass is 10.1. The second-order valence-corrected chi connectivity index (χ2v) is 8.11. The average Bonchev–Trinajstić information content (AvgIpc) is 3.18. The number of aromatic nitrogens is 2. The minimum Gasteiger partial charge on any atom is -0.493 e. The second-order valence-electron chi connectivity index (χ2n) is 7.26. The Bertz CT molecular complexity index is 1060. The molecule has 0 amide bonds.